The first-order valence-corrected chi connectivity index (χ1v) is 11.7. The van der Waals surface area contributed by atoms with Gasteiger partial charge in [-0.1, -0.05) is 29.8 Å². The summed E-state index contributed by atoms with van der Waals surface area (Å²) in [7, 11) is 3.44. The van der Waals surface area contributed by atoms with Gasteiger partial charge < -0.3 is 23.4 Å². The average molecular weight is 465 g/mol. The molecule has 3 aromatic rings. The second kappa shape index (κ2) is 7.86. The summed E-state index contributed by atoms with van der Waals surface area (Å²) >= 11 is 6.19. The van der Waals surface area contributed by atoms with E-state index in [0.29, 0.717) is 12.8 Å². The molecule has 3 aromatic carbocycles. The number of hydrogen-bond acceptors (Lipinski definition) is 4. The van der Waals surface area contributed by atoms with Gasteiger partial charge in [-0.25, -0.2) is 0 Å². The Morgan fingerprint density at radius 1 is 0.970 bits per heavy atom. The van der Waals surface area contributed by atoms with E-state index in [1.165, 1.54) is 27.8 Å². The maximum absolute atomic E-state index is 6.19. The minimum absolute atomic E-state index is 0.299. The van der Waals surface area contributed by atoms with Crippen LogP contribution in [0.15, 0.2) is 48.5 Å². The largest absolute Gasteiger partial charge is 0.493 e. The van der Waals surface area contributed by atoms with Crippen LogP contribution < -0.4 is 18.9 Å². The average Bonchev–Trinajstić information content (AvgIpc) is 3.30. The SMILES string of the molecule is COc1ccc2c(c1OC)C[N@+]1(Cc3ccc(Cl)cc3)CCc3cc4c(cc3[C@@H]1C2)OCO4. The van der Waals surface area contributed by atoms with Crippen molar-refractivity contribution in [2.75, 3.05) is 27.6 Å². The molecule has 5 nitrogen and oxygen atoms in total. The fourth-order valence-corrected chi connectivity index (χ4v) is 6.06. The Labute approximate surface area is 199 Å². The zero-order valence-corrected chi connectivity index (χ0v) is 19.7. The lowest BCUT2D eigenvalue weighted by atomic mass is 9.80. The molecule has 3 aliphatic rings. The van der Waals surface area contributed by atoms with Gasteiger partial charge in [0.2, 0.25) is 6.79 Å². The standard InChI is InChI=1S/C27H27ClNO4/c1-30-24-8-5-18-11-23-21-13-26-25(32-16-33-26)12-19(21)9-10-29(23,15-22(18)27(24)31-2)14-17-3-6-20(28)7-4-17/h3-8,12-13,23H,9-11,14-16H2,1-2H3/q+1/t23-,29+/m0/s1. The minimum atomic E-state index is 0.299. The lowest BCUT2D eigenvalue weighted by Crippen LogP contribution is -2.55. The molecule has 6 heteroatoms. The lowest BCUT2D eigenvalue weighted by Gasteiger charge is -2.51. The number of halogens is 1. The fourth-order valence-electron chi connectivity index (χ4n) is 5.93. The fraction of sp³-hybridized carbons (Fsp3) is 0.333. The van der Waals surface area contributed by atoms with Crippen molar-refractivity contribution in [3.05, 3.63) is 81.4 Å². The van der Waals surface area contributed by atoms with Gasteiger partial charge in [0.1, 0.15) is 19.1 Å². The van der Waals surface area contributed by atoms with Crippen LogP contribution in [0.2, 0.25) is 5.02 Å². The van der Waals surface area contributed by atoms with Crippen molar-refractivity contribution >= 4 is 11.6 Å². The predicted octanol–water partition coefficient (Wildman–Crippen LogP) is 5.46. The van der Waals surface area contributed by atoms with Gasteiger partial charge in [-0.05, 0) is 41.5 Å². The number of hydrogen-bond donors (Lipinski definition) is 0. The van der Waals surface area contributed by atoms with Crippen LogP contribution in [0.3, 0.4) is 0 Å². The summed E-state index contributed by atoms with van der Waals surface area (Å²) in [4.78, 5) is 0. The zero-order valence-electron chi connectivity index (χ0n) is 18.9. The van der Waals surface area contributed by atoms with E-state index in [0.717, 1.165) is 65.0 Å². The Morgan fingerprint density at radius 3 is 2.52 bits per heavy atom. The van der Waals surface area contributed by atoms with Gasteiger partial charge in [-0.2, -0.15) is 0 Å². The molecule has 0 saturated heterocycles. The van der Waals surface area contributed by atoms with E-state index in [1.807, 2.05) is 18.2 Å². The van der Waals surface area contributed by atoms with Crippen LogP contribution in [0.5, 0.6) is 23.0 Å². The number of rotatable bonds is 4. The number of nitrogens with zero attached hydrogens (tertiary/aromatic N) is 1. The molecule has 6 rings (SSSR count). The summed E-state index contributed by atoms with van der Waals surface area (Å²) in [6, 6.07) is 17.3. The number of benzene rings is 3. The van der Waals surface area contributed by atoms with E-state index in [4.69, 9.17) is 30.5 Å². The molecule has 0 unspecified atom stereocenters. The molecule has 0 fully saturated rings. The highest BCUT2D eigenvalue weighted by atomic mass is 35.5. The minimum Gasteiger partial charge on any atom is -0.493 e. The van der Waals surface area contributed by atoms with Gasteiger partial charge in [-0.3, -0.25) is 0 Å². The van der Waals surface area contributed by atoms with Crippen molar-refractivity contribution in [2.24, 2.45) is 0 Å². The van der Waals surface area contributed by atoms with E-state index in [2.05, 4.69) is 30.3 Å². The van der Waals surface area contributed by atoms with Crippen molar-refractivity contribution in [2.45, 2.75) is 32.0 Å². The topological polar surface area (TPSA) is 36.9 Å². The highest BCUT2D eigenvalue weighted by molar-refractivity contribution is 6.30. The predicted molar refractivity (Wildman–Crippen MR) is 126 cm³/mol. The van der Waals surface area contributed by atoms with Crippen LogP contribution in [0.25, 0.3) is 0 Å². The van der Waals surface area contributed by atoms with Crippen LogP contribution in [0.4, 0.5) is 0 Å². The van der Waals surface area contributed by atoms with E-state index < -0.39 is 0 Å². The Bertz CT molecular complexity index is 1230. The summed E-state index contributed by atoms with van der Waals surface area (Å²) in [6.45, 7) is 3.15. The maximum atomic E-state index is 6.19. The molecule has 3 aliphatic heterocycles. The Morgan fingerprint density at radius 2 is 1.76 bits per heavy atom. The van der Waals surface area contributed by atoms with Crippen LogP contribution in [0, 0.1) is 0 Å². The van der Waals surface area contributed by atoms with Gasteiger partial charge in [0.15, 0.2) is 23.0 Å². The van der Waals surface area contributed by atoms with E-state index in [-0.39, 0.29) is 0 Å². The molecule has 0 aliphatic carbocycles. The summed E-state index contributed by atoms with van der Waals surface area (Å²) in [5.74, 6) is 3.38. The van der Waals surface area contributed by atoms with Crippen molar-refractivity contribution in [1.29, 1.82) is 0 Å². The third kappa shape index (κ3) is 3.33. The van der Waals surface area contributed by atoms with Crippen LogP contribution >= 0.6 is 11.6 Å². The van der Waals surface area contributed by atoms with Gasteiger partial charge in [-0.15, -0.1) is 0 Å². The van der Waals surface area contributed by atoms with Gasteiger partial charge in [0.25, 0.3) is 0 Å². The van der Waals surface area contributed by atoms with Gasteiger partial charge >= 0.3 is 0 Å². The van der Waals surface area contributed by atoms with Gasteiger partial charge in [0.05, 0.1) is 26.3 Å². The van der Waals surface area contributed by atoms with Crippen LogP contribution in [-0.4, -0.2) is 32.0 Å². The first-order chi connectivity index (χ1) is 16.1. The molecule has 0 saturated carbocycles. The summed E-state index contributed by atoms with van der Waals surface area (Å²) < 4.78 is 23.9. The second-order valence-corrected chi connectivity index (χ2v) is 9.63. The molecular formula is C27H27ClNO4+. The zero-order chi connectivity index (χ0) is 22.6. The molecule has 0 amide bonds. The van der Waals surface area contributed by atoms with E-state index >= 15 is 0 Å². The van der Waals surface area contributed by atoms with E-state index in [1.54, 1.807) is 14.2 Å². The smallest absolute Gasteiger partial charge is 0.231 e. The number of quaternary nitrogens is 1. The number of ether oxygens (including phenoxy) is 4. The third-order valence-corrected chi connectivity index (χ3v) is 7.78. The molecule has 0 spiro atoms. The Balaban J connectivity index is 1.50. The second-order valence-electron chi connectivity index (χ2n) is 9.20. The van der Waals surface area contributed by atoms with Crippen molar-refractivity contribution in [3.63, 3.8) is 0 Å². The highest BCUT2D eigenvalue weighted by Crippen LogP contribution is 2.51. The Hall–Kier alpha value is -2.89. The monoisotopic (exact) mass is 464 g/mol. The summed E-state index contributed by atoms with van der Waals surface area (Å²) in [5.41, 5.74) is 6.62. The molecular weight excluding hydrogens is 438 g/mol. The molecule has 0 radical (unpaired) electrons. The molecule has 0 aromatic heterocycles. The van der Waals surface area contributed by atoms with Crippen LogP contribution in [-0.2, 0) is 25.9 Å². The molecule has 0 N–H and O–H groups in total. The maximum Gasteiger partial charge on any atom is 0.231 e. The normalized spacial score (nSPS) is 22.2. The third-order valence-electron chi connectivity index (χ3n) is 7.52. The molecule has 0 bridgehead atoms. The first-order valence-electron chi connectivity index (χ1n) is 11.4. The quantitative estimate of drug-likeness (QED) is 0.481. The number of fused-ring (bicyclic) bond motifs is 5. The molecule has 170 valence electrons. The molecule has 33 heavy (non-hydrogen) atoms. The van der Waals surface area contributed by atoms with Crippen molar-refractivity contribution in [3.8, 4) is 23.0 Å². The lowest BCUT2D eigenvalue weighted by molar-refractivity contribution is -0.985. The highest BCUT2D eigenvalue weighted by Gasteiger charge is 2.47. The Kier molecular flexibility index (Phi) is 4.93. The van der Waals surface area contributed by atoms with E-state index in [9.17, 15) is 0 Å². The number of methoxy groups -OCH3 is 2. The first kappa shape index (κ1) is 20.7. The summed E-state index contributed by atoms with van der Waals surface area (Å²) in [6.07, 6.45) is 1.94. The molecule has 2 atom stereocenters. The summed E-state index contributed by atoms with van der Waals surface area (Å²) in [5, 5.41) is 0.766. The van der Waals surface area contributed by atoms with Crippen molar-refractivity contribution in [1.82, 2.24) is 0 Å². The van der Waals surface area contributed by atoms with Gasteiger partial charge in [0, 0.05) is 29.0 Å². The van der Waals surface area contributed by atoms with Crippen LogP contribution in [0.1, 0.15) is 33.9 Å². The van der Waals surface area contributed by atoms with Crippen molar-refractivity contribution < 1.29 is 23.4 Å². The molecule has 3 heterocycles.